The number of hydrogen-bond acceptors (Lipinski definition) is 5. The fraction of sp³-hybridized carbons (Fsp3) is 0.400. The fourth-order valence-corrected chi connectivity index (χ4v) is 2.97. The van der Waals surface area contributed by atoms with Crippen LogP contribution in [0.2, 0.25) is 0 Å². The monoisotopic (exact) mass is 440 g/mol. The first-order valence-electron chi connectivity index (χ1n) is 10.7. The van der Waals surface area contributed by atoms with Gasteiger partial charge in [-0.25, -0.2) is 4.79 Å². The highest BCUT2D eigenvalue weighted by molar-refractivity contribution is 5.86. The van der Waals surface area contributed by atoms with Gasteiger partial charge in [0.25, 0.3) is 0 Å². The molecule has 0 fully saturated rings. The number of ether oxygens (including phenoxy) is 2. The Morgan fingerprint density at radius 3 is 2.09 bits per heavy atom. The molecule has 0 aliphatic rings. The van der Waals surface area contributed by atoms with Gasteiger partial charge in [-0.15, -0.1) is 0 Å². The van der Waals surface area contributed by atoms with Crippen molar-refractivity contribution in [3.8, 4) is 0 Å². The van der Waals surface area contributed by atoms with Crippen molar-refractivity contribution in [3.63, 3.8) is 0 Å². The minimum absolute atomic E-state index is 0.0198. The SMILES string of the molecule is C[C@H](NC(=O)[C@H](CCC(=O)OC(C)(C)C)NC(=O)OCc1ccccc1)c1ccccc1. The molecule has 0 saturated carbocycles. The first kappa shape index (κ1) is 24.9. The summed E-state index contributed by atoms with van der Waals surface area (Å²) in [5.41, 5.74) is 1.13. The van der Waals surface area contributed by atoms with Gasteiger partial charge in [-0.3, -0.25) is 9.59 Å². The van der Waals surface area contributed by atoms with Crippen molar-refractivity contribution in [1.82, 2.24) is 10.6 Å². The van der Waals surface area contributed by atoms with E-state index < -0.39 is 29.6 Å². The van der Waals surface area contributed by atoms with E-state index in [0.29, 0.717) is 0 Å². The first-order chi connectivity index (χ1) is 15.1. The Hall–Kier alpha value is -3.35. The lowest BCUT2D eigenvalue weighted by Crippen LogP contribution is -2.47. The van der Waals surface area contributed by atoms with E-state index in [9.17, 15) is 14.4 Å². The second-order valence-electron chi connectivity index (χ2n) is 8.52. The minimum Gasteiger partial charge on any atom is -0.460 e. The average molecular weight is 441 g/mol. The van der Waals surface area contributed by atoms with Crippen LogP contribution >= 0.6 is 0 Å². The van der Waals surface area contributed by atoms with Gasteiger partial charge in [0.1, 0.15) is 18.2 Å². The van der Waals surface area contributed by atoms with Gasteiger partial charge in [0.15, 0.2) is 0 Å². The molecular weight excluding hydrogens is 408 g/mol. The molecule has 2 amide bonds. The lowest BCUT2D eigenvalue weighted by Gasteiger charge is -2.23. The molecule has 0 aliphatic heterocycles. The number of rotatable bonds is 9. The summed E-state index contributed by atoms with van der Waals surface area (Å²) >= 11 is 0. The van der Waals surface area contributed by atoms with Crippen molar-refractivity contribution in [2.45, 2.75) is 64.8 Å². The number of esters is 1. The van der Waals surface area contributed by atoms with Crippen LogP contribution in [0.25, 0.3) is 0 Å². The third kappa shape index (κ3) is 9.20. The Kier molecular flexibility index (Phi) is 9.25. The fourth-order valence-electron chi connectivity index (χ4n) is 2.97. The van der Waals surface area contributed by atoms with Crippen LogP contribution < -0.4 is 10.6 Å². The Morgan fingerprint density at radius 1 is 0.906 bits per heavy atom. The Morgan fingerprint density at radius 2 is 1.50 bits per heavy atom. The zero-order chi connectivity index (χ0) is 23.6. The van der Waals surface area contributed by atoms with Crippen molar-refractivity contribution in [3.05, 3.63) is 71.8 Å². The zero-order valence-electron chi connectivity index (χ0n) is 19.1. The number of hydrogen-bond donors (Lipinski definition) is 2. The molecule has 0 radical (unpaired) electrons. The number of amides is 2. The quantitative estimate of drug-likeness (QED) is 0.568. The Bertz CT molecular complexity index is 878. The van der Waals surface area contributed by atoms with Crippen LogP contribution in [0, 0.1) is 0 Å². The molecule has 7 heteroatoms. The molecule has 0 bridgehead atoms. The van der Waals surface area contributed by atoms with Crippen LogP contribution in [0.3, 0.4) is 0 Å². The van der Waals surface area contributed by atoms with Crippen molar-refractivity contribution < 1.29 is 23.9 Å². The Balaban J connectivity index is 1.99. The summed E-state index contributed by atoms with van der Waals surface area (Å²) in [6, 6.07) is 17.5. The highest BCUT2D eigenvalue weighted by Crippen LogP contribution is 2.14. The molecule has 7 nitrogen and oxygen atoms in total. The van der Waals surface area contributed by atoms with Gasteiger partial charge in [0.2, 0.25) is 5.91 Å². The molecule has 2 N–H and O–H groups in total. The summed E-state index contributed by atoms with van der Waals surface area (Å²) in [5.74, 6) is -0.840. The number of carbonyl (C=O) groups is 3. The van der Waals surface area contributed by atoms with Crippen LogP contribution in [-0.2, 0) is 25.7 Å². The van der Waals surface area contributed by atoms with Gasteiger partial charge in [-0.1, -0.05) is 60.7 Å². The summed E-state index contributed by atoms with van der Waals surface area (Å²) in [4.78, 5) is 37.4. The van der Waals surface area contributed by atoms with E-state index in [0.717, 1.165) is 11.1 Å². The van der Waals surface area contributed by atoms with E-state index in [1.807, 2.05) is 67.6 Å². The number of benzene rings is 2. The lowest BCUT2D eigenvalue weighted by molar-refractivity contribution is -0.155. The van der Waals surface area contributed by atoms with Crippen LogP contribution in [0.4, 0.5) is 4.79 Å². The molecule has 2 aromatic carbocycles. The maximum atomic E-state index is 12.9. The number of carbonyl (C=O) groups excluding carboxylic acids is 3. The van der Waals surface area contributed by atoms with Crippen molar-refractivity contribution in [2.24, 2.45) is 0 Å². The summed E-state index contributed by atoms with van der Waals surface area (Å²) in [6.07, 6.45) is -0.665. The molecule has 2 rings (SSSR count). The standard InChI is InChI=1S/C25H32N2O5/c1-18(20-13-9-6-10-14-20)26-23(29)21(15-16-22(28)32-25(2,3)4)27-24(30)31-17-19-11-7-5-8-12-19/h5-14,18,21H,15-17H2,1-4H3,(H,26,29)(H,27,30)/t18-,21-/m0/s1. The second-order valence-corrected chi connectivity index (χ2v) is 8.52. The molecular formula is C25H32N2O5. The number of nitrogens with one attached hydrogen (secondary N) is 2. The second kappa shape index (κ2) is 11.9. The maximum absolute atomic E-state index is 12.9. The van der Waals surface area contributed by atoms with Gasteiger partial charge in [0, 0.05) is 6.42 Å². The van der Waals surface area contributed by atoms with E-state index in [2.05, 4.69) is 10.6 Å². The average Bonchev–Trinajstić information content (AvgIpc) is 2.75. The highest BCUT2D eigenvalue weighted by atomic mass is 16.6. The molecule has 32 heavy (non-hydrogen) atoms. The van der Waals surface area contributed by atoms with Crippen molar-refractivity contribution >= 4 is 18.0 Å². The molecule has 0 heterocycles. The van der Waals surface area contributed by atoms with E-state index in [1.54, 1.807) is 20.8 Å². The molecule has 0 saturated heterocycles. The Labute approximate surface area is 189 Å². The van der Waals surface area contributed by atoms with Gasteiger partial charge in [0.05, 0.1) is 6.04 Å². The van der Waals surface area contributed by atoms with Crippen molar-refractivity contribution in [1.29, 1.82) is 0 Å². The van der Waals surface area contributed by atoms with Gasteiger partial charge in [-0.05, 0) is 45.2 Å². The smallest absolute Gasteiger partial charge is 0.408 e. The normalized spacial score (nSPS) is 12.9. The highest BCUT2D eigenvalue weighted by Gasteiger charge is 2.25. The van der Waals surface area contributed by atoms with Crippen LogP contribution in [-0.4, -0.2) is 29.6 Å². The predicted octanol–water partition coefficient (Wildman–Crippen LogP) is 4.28. The molecule has 0 unspecified atom stereocenters. The van der Waals surface area contributed by atoms with Crippen molar-refractivity contribution in [2.75, 3.05) is 0 Å². The van der Waals surface area contributed by atoms with Crippen LogP contribution in [0.5, 0.6) is 0 Å². The molecule has 2 atom stereocenters. The third-order valence-corrected chi connectivity index (χ3v) is 4.54. The van der Waals surface area contributed by atoms with E-state index in [4.69, 9.17) is 9.47 Å². The predicted molar refractivity (Wildman–Crippen MR) is 122 cm³/mol. The zero-order valence-corrected chi connectivity index (χ0v) is 19.1. The van der Waals surface area contributed by atoms with Gasteiger partial charge >= 0.3 is 12.1 Å². The lowest BCUT2D eigenvalue weighted by atomic mass is 10.1. The third-order valence-electron chi connectivity index (χ3n) is 4.54. The van der Waals surface area contributed by atoms with Crippen LogP contribution in [0.1, 0.15) is 57.7 Å². The van der Waals surface area contributed by atoms with Crippen LogP contribution in [0.15, 0.2) is 60.7 Å². The topological polar surface area (TPSA) is 93.7 Å². The maximum Gasteiger partial charge on any atom is 0.408 e. The minimum atomic E-state index is -0.947. The summed E-state index contributed by atoms with van der Waals surface area (Å²) < 4.78 is 10.6. The van der Waals surface area contributed by atoms with E-state index in [1.165, 1.54) is 0 Å². The molecule has 0 spiro atoms. The summed E-state index contributed by atoms with van der Waals surface area (Å²) in [5, 5.41) is 5.47. The van der Waals surface area contributed by atoms with E-state index in [-0.39, 0.29) is 25.5 Å². The molecule has 2 aromatic rings. The van der Waals surface area contributed by atoms with Gasteiger partial charge < -0.3 is 20.1 Å². The molecule has 0 aromatic heterocycles. The van der Waals surface area contributed by atoms with E-state index >= 15 is 0 Å². The first-order valence-corrected chi connectivity index (χ1v) is 10.7. The number of alkyl carbamates (subject to hydrolysis) is 1. The molecule has 0 aliphatic carbocycles. The molecule has 172 valence electrons. The summed E-state index contributed by atoms with van der Waals surface area (Å²) in [7, 11) is 0. The largest absolute Gasteiger partial charge is 0.460 e. The summed E-state index contributed by atoms with van der Waals surface area (Å²) in [6.45, 7) is 7.25. The van der Waals surface area contributed by atoms with Gasteiger partial charge in [-0.2, -0.15) is 0 Å².